The number of carbonyl (C=O) groups is 1. The van der Waals surface area contributed by atoms with Gasteiger partial charge in [0, 0.05) is 38.4 Å². The molecular formula is C22H26N4O. The fraction of sp³-hybridized carbons (Fsp3) is 0.364. The van der Waals surface area contributed by atoms with E-state index in [1.165, 1.54) is 11.1 Å². The monoisotopic (exact) mass is 362 g/mol. The quantitative estimate of drug-likeness (QED) is 0.888. The molecule has 1 aliphatic rings. The zero-order valence-corrected chi connectivity index (χ0v) is 16.0. The van der Waals surface area contributed by atoms with E-state index in [9.17, 15) is 4.79 Å². The van der Waals surface area contributed by atoms with Gasteiger partial charge in [-0.3, -0.25) is 14.6 Å². The number of hydrogen-bond acceptors (Lipinski definition) is 4. The Morgan fingerprint density at radius 2 is 1.89 bits per heavy atom. The maximum atomic E-state index is 12.6. The van der Waals surface area contributed by atoms with Crippen LogP contribution in [0.3, 0.4) is 0 Å². The highest BCUT2D eigenvalue weighted by molar-refractivity contribution is 5.94. The fourth-order valence-electron chi connectivity index (χ4n) is 3.46. The van der Waals surface area contributed by atoms with Gasteiger partial charge in [0.1, 0.15) is 0 Å². The Kier molecular flexibility index (Phi) is 6.23. The second kappa shape index (κ2) is 8.81. The number of nitrogens with zero attached hydrogens (tertiary/aromatic N) is 3. The molecule has 0 saturated carbocycles. The normalized spacial score (nSPS) is 16.5. The summed E-state index contributed by atoms with van der Waals surface area (Å²) in [6.45, 7) is 8.67. The molecule has 0 radical (unpaired) electrons. The van der Waals surface area contributed by atoms with Gasteiger partial charge in [0.25, 0.3) is 0 Å². The third kappa shape index (κ3) is 5.16. The molecule has 1 heterocycles. The van der Waals surface area contributed by atoms with Crippen LogP contribution in [0.2, 0.25) is 0 Å². The zero-order valence-electron chi connectivity index (χ0n) is 16.0. The van der Waals surface area contributed by atoms with Gasteiger partial charge in [0.05, 0.1) is 17.7 Å². The zero-order chi connectivity index (χ0) is 19.2. The second-order valence-corrected chi connectivity index (χ2v) is 7.16. The molecule has 0 aromatic heterocycles. The van der Waals surface area contributed by atoms with Crippen LogP contribution in [0, 0.1) is 18.3 Å². The van der Waals surface area contributed by atoms with Crippen LogP contribution in [0.5, 0.6) is 0 Å². The third-order valence-corrected chi connectivity index (χ3v) is 5.08. The number of piperazine rings is 1. The number of nitrogens with one attached hydrogen (secondary N) is 1. The van der Waals surface area contributed by atoms with Crippen LogP contribution in [0.15, 0.2) is 48.5 Å². The maximum Gasteiger partial charge on any atom is 0.241 e. The Labute approximate surface area is 161 Å². The van der Waals surface area contributed by atoms with Crippen LogP contribution in [-0.4, -0.2) is 47.9 Å². The third-order valence-electron chi connectivity index (χ3n) is 5.08. The number of rotatable bonds is 5. The summed E-state index contributed by atoms with van der Waals surface area (Å²) in [5, 5.41) is 11.9. The summed E-state index contributed by atoms with van der Waals surface area (Å²) >= 11 is 0. The average Bonchev–Trinajstić information content (AvgIpc) is 2.68. The molecular weight excluding hydrogens is 336 g/mol. The molecule has 5 heteroatoms. The Morgan fingerprint density at radius 1 is 1.15 bits per heavy atom. The van der Waals surface area contributed by atoms with Crippen molar-refractivity contribution in [3.63, 3.8) is 0 Å². The van der Waals surface area contributed by atoms with Crippen molar-refractivity contribution in [2.75, 3.05) is 31.5 Å². The molecule has 0 aliphatic carbocycles. The van der Waals surface area contributed by atoms with E-state index in [0.29, 0.717) is 11.3 Å². The molecule has 1 unspecified atom stereocenters. The van der Waals surface area contributed by atoms with Crippen molar-refractivity contribution in [1.29, 1.82) is 5.26 Å². The van der Waals surface area contributed by atoms with E-state index in [4.69, 9.17) is 5.26 Å². The van der Waals surface area contributed by atoms with Gasteiger partial charge in [-0.25, -0.2) is 0 Å². The Balaban J connectivity index is 1.51. The SMILES string of the molecule is Cc1cccc(CN2CCN(C(C)C(=O)Nc3cccc(C#N)c3)CC2)c1. The number of aryl methyl sites for hydroxylation is 1. The van der Waals surface area contributed by atoms with Gasteiger partial charge in [-0.05, 0) is 37.6 Å². The van der Waals surface area contributed by atoms with Gasteiger partial charge in [0.2, 0.25) is 5.91 Å². The smallest absolute Gasteiger partial charge is 0.241 e. The predicted octanol–water partition coefficient (Wildman–Crippen LogP) is 3.01. The lowest BCUT2D eigenvalue weighted by Gasteiger charge is -2.37. The van der Waals surface area contributed by atoms with Crippen molar-refractivity contribution < 1.29 is 4.79 Å². The first kappa shape index (κ1) is 19.1. The number of carbonyl (C=O) groups excluding carboxylic acids is 1. The minimum atomic E-state index is -0.197. The van der Waals surface area contributed by atoms with Gasteiger partial charge < -0.3 is 5.32 Å². The van der Waals surface area contributed by atoms with Crippen LogP contribution < -0.4 is 5.32 Å². The van der Waals surface area contributed by atoms with Crippen molar-refractivity contribution in [2.24, 2.45) is 0 Å². The van der Waals surface area contributed by atoms with Crippen molar-refractivity contribution in [2.45, 2.75) is 26.4 Å². The lowest BCUT2D eigenvalue weighted by atomic mass is 10.1. The van der Waals surface area contributed by atoms with E-state index >= 15 is 0 Å². The Hall–Kier alpha value is -2.68. The first-order valence-electron chi connectivity index (χ1n) is 9.38. The summed E-state index contributed by atoms with van der Waals surface area (Å²) in [5.41, 5.74) is 3.85. The van der Waals surface area contributed by atoms with Crippen LogP contribution in [0.1, 0.15) is 23.6 Å². The number of hydrogen-bond donors (Lipinski definition) is 1. The minimum absolute atomic E-state index is 0.0303. The van der Waals surface area contributed by atoms with E-state index < -0.39 is 0 Å². The molecule has 0 spiro atoms. The van der Waals surface area contributed by atoms with E-state index in [-0.39, 0.29) is 11.9 Å². The summed E-state index contributed by atoms with van der Waals surface area (Å²) in [5.74, 6) is -0.0303. The Morgan fingerprint density at radius 3 is 2.59 bits per heavy atom. The molecule has 2 aromatic rings. The molecule has 1 saturated heterocycles. The molecule has 2 aromatic carbocycles. The summed E-state index contributed by atoms with van der Waals surface area (Å²) in [6, 6.07) is 17.5. The highest BCUT2D eigenvalue weighted by Gasteiger charge is 2.25. The Bertz CT molecular complexity index is 834. The van der Waals surface area contributed by atoms with Gasteiger partial charge in [-0.2, -0.15) is 5.26 Å². The highest BCUT2D eigenvalue weighted by atomic mass is 16.2. The minimum Gasteiger partial charge on any atom is -0.325 e. The van der Waals surface area contributed by atoms with E-state index in [1.54, 1.807) is 18.2 Å². The summed E-state index contributed by atoms with van der Waals surface area (Å²) in [4.78, 5) is 17.2. The highest BCUT2D eigenvalue weighted by Crippen LogP contribution is 2.14. The first-order valence-corrected chi connectivity index (χ1v) is 9.38. The van der Waals surface area contributed by atoms with E-state index in [0.717, 1.165) is 32.7 Å². The number of anilines is 1. The van der Waals surface area contributed by atoms with Gasteiger partial charge in [-0.15, -0.1) is 0 Å². The molecule has 27 heavy (non-hydrogen) atoms. The molecule has 1 aliphatic heterocycles. The van der Waals surface area contributed by atoms with Crippen molar-refractivity contribution in [1.82, 2.24) is 9.80 Å². The predicted molar refractivity (Wildman–Crippen MR) is 107 cm³/mol. The van der Waals surface area contributed by atoms with Crippen LogP contribution in [0.25, 0.3) is 0 Å². The molecule has 1 atom stereocenters. The lowest BCUT2D eigenvalue weighted by Crippen LogP contribution is -2.52. The van der Waals surface area contributed by atoms with Gasteiger partial charge in [0.15, 0.2) is 0 Å². The first-order chi connectivity index (χ1) is 13.0. The van der Waals surface area contributed by atoms with Gasteiger partial charge in [-0.1, -0.05) is 35.9 Å². The summed E-state index contributed by atoms with van der Waals surface area (Å²) in [6.07, 6.45) is 0. The van der Waals surface area contributed by atoms with Crippen molar-refractivity contribution in [3.8, 4) is 6.07 Å². The molecule has 3 rings (SSSR count). The number of nitriles is 1. The van der Waals surface area contributed by atoms with Crippen LogP contribution >= 0.6 is 0 Å². The summed E-state index contributed by atoms with van der Waals surface area (Å²) < 4.78 is 0. The van der Waals surface area contributed by atoms with E-state index in [1.807, 2.05) is 13.0 Å². The molecule has 1 N–H and O–H groups in total. The van der Waals surface area contributed by atoms with Crippen LogP contribution in [-0.2, 0) is 11.3 Å². The molecule has 0 bridgehead atoms. The van der Waals surface area contributed by atoms with Crippen LogP contribution in [0.4, 0.5) is 5.69 Å². The summed E-state index contributed by atoms with van der Waals surface area (Å²) in [7, 11) is 0. The largest absolute Gasteiger partial charge is 0.325 e. The fourth-order valence-corrected chi connectivity index (χ4v) is 3.46. The van der Waals surface area contributed by atoms with E-state index in [2.05, 4.69) is 52.4 Å². The average molecular weight is 362 g/mol. The molecule has 140 valence electrons. The topological polar surface area (TPSA) is 59.4 Å². The standard InChI is InChI=1S/C22H26N4O/c1-17-5-3-7-20(13-17)16-25-9-11-26(12-10-25)18(2)22(27)24-21-8-4-6-19(14-21)15-23/h3-8,13-14,18H,9-12,16H2,1-2H3,(H,24,27). The van der Waals surface area contributed by atoms with Gasteiger partial charge >= 0.3 is 0 Å². The number of benzene rings is 2. The number of amides is 1. The lowest BCUT2D eigenvalue weighted by molar-refractivity contribution is -0.121. The maximum absolute atomic E-state index is 12.6. The molecule has 1 amide bonds. The second-order valence-electron chi connectivity index (χ2n) is 7.16. The van der Waals surface area contributed by atoms with Crippen molar-refractivity contribution in [3.05, 3.63) is 65.2 Å². The molecule has 1 fully saturated rings. The molecule has 5 nitrogen and oxygen atoms in total. The van der Waals surface area contributed by atoms with Crippen molar-refractivity contribution >= 4 is 11.6 Å².